The molecular weight excluding hydrogens is 529 g/mol. The molecule has 0 spiro atoms. The molecule has 3 aromatic rings. The molecule has 1 unspecified atom stereocenters. The van der Waals surface area contributed by atoms with Crippen molar-refractivity contribution < 1.29 is 32.3 Å². The van der Waals surface area contributed by atoms with E-state index in [-0.39, 0.29) is 24.2 Å². The molecule has 1 aromatic heterocycles. The first-order valence-corrected chi connectivity index (χ1v) is 13.3. The fourth-order valence-corrected chi connectivity index (χ4v) is 5.14. The molecule has 2 aliphatic heterocycles. The van der Waals surface area contributed by atoms with Crippen LogP contribution in [0.5, 0.6) is 17.5 Å². The summed E-state index contributed by atoms with van der Waals surface area (Å²) in [6.07, 6.45) is 1.27. The predicted molar refractivity (Wildman–Crippen MR) is 141 cm³/mol. The average Bonchev–Trinajstić information content (AvgIpc) is 3.35. The van der Waals surface area contributed by atoms with Gasteiger partial charge < -0.3 is 29.2 Å². The van der Waals surface area contributed by atoms with Crippen molar-refractivity contribution in [1.29, 1.82) is 0 Å². The second-order valence-corrected chi connectivity index (χ2v) is 10.6. The van der Waals surface area contributed by atoms with Crippen molar-refractivity contribution in [2.24, 2.45) is 5.92 Å². The molecule has 0 saturated carbocycles. The van der Waals surface area contributed by atoms with Crippen LogP contribution in [-0.2, 0) is 13.0 Å². The smallest absolute Gasteiger partial charge is 0.489 e. The molecule has 1 fully saturated rings. The number of imidazole rings is 1. The Morgan fingerprint density at radius 1 is 1.07 bits per heavy atom. The summed E-state index contributed by atoms with van der Waals surface area (Å²) >= 11 is 0. The third kappa shape index (κ3) is 6.97. The summed E-state index contributed by atoms with van der Waals surface area (Å²) in [5.74, 6) is 0.861. The zero-order valence-corrected chi connectivity index (χ0v) is 22.1. The predicted octanol–water partition coefficient (Wildman–Crippen LogP) is 6.16. The number of nitrogens with zero attached hydrogens (tertiary/aromatic N) is 4. The largest absolute Gasteiger partial charge is 0.573 e. The number of benzene rings is 2. The summed E-state index contributed by atoms with van der Waals surface area (Å²) in [4.78, 5) is 16.8. The van der Waals surface area contributed by atoms with Crippen molar-refractivity contribution in [3.8, 4) is 17.5 Å². The second-order valence-electron chi connectivity index (χ2n) is 10.6. The number of piperidine rings is 1. The summed E-state index contributed by atoms with van der Waals surface area (Å²) in [7, 11) is 0. The highest BCUT2D eigenvalue weighted by Gasteiger charge is 2.37. The van der Waals surface area contributed by atoms with Crippen LogP contribution >= 0.6 is 0 Å². The molecule has 12 heteroatoms. The molecule has 1 atom stereocenters. The number of fused-ring (bicyclic) bond motifs is 1. The van der Waals surface area contributed by atoms with E-state index in [1.807, 2.05) is 31.2 Å². The first kappa shape index (κ1) is 27.6. The number of hydrogen-bond acceptors (Lipinski definition) is 7. The highest BCUT2D eigenvalue weighted by Crippen LogP contribution is 2.32. The van der Waals surface area contributed by atoms with E-state index < -0.39 is 16.9 Å². The Kier molecular flexibility index (Phi) is 7.77. The number of alkyl halides is 3. The SMILES string of the molecule is CC1(COc2ccc(N3CCC(CCc4ccc(OC(F)(F)F)cc4)CC3)cc2)CCn2cc([N+](=O)[O-])nc2O1. The van der Waals surface area contributed by atoms with Gasteiger partial charge >= 0.3 is 18.2 Å². The minimum absolute atomic E-state index is 0.196. The topological polar surface area (TPSA) is 91.9 Å². The maximum absolute atomic E-state index is 12.3. The zero-order chi connectivity index (χ0) is 28.3. The third-order valence-corrected chi connectivity index (χ3v) is 7.49. The molecule has 214 valence electrons. The number of halogens is 3. The monoisotopic (exact) mass is 560 g/mol. The van der Waals surface area contributed by atoms with Gasteiger partial charge in [0.15, 0.2) is 0 Å². The van der Waals surface area contributed by atoms with Crippen molar-refractivity contribution >= 4 is 11.5 Å². The second kappa shape index (κ2) is 11.3. The van der Waals surface area contributed by atoms with Crippen LogP contribution in [0.3, 0.4) is 0 Å². The third-order valence-electron chi connectivity index (χ3n) is 7.49. The number of aromatic nitrogens is 2. The van der Waals surface area contributed by atoms with Gasteiger partial charge in [0.05, 0.1) is 0 Å². The van der Waals surface area contributed by atoms with Gasteiger partial charge in [-0.25, -0.2) is 0 Å². The number of rotatable bonds is 9. The maximum Gasteiger partial charge on any atom is 0.573 e. The van der Waals surface area contributed by atoms with Crippen LogP contribution in [0, 0.1) is 16.0 Å². The van der Waals surface area contributed by atoms with Gasteiger partial charge in [-0.15, -0.1) is 13.2 Å². The molecule has 0 bridgehead atoms. The average molecular weight is 561 g/mol. The number of nitro groups is 1. The van der Waals surface area contributed by atoms with E-state index >= 15 is 0 Å². The van der Waals surface area contributed by atoms with Gasteiger partial charge in [0.1, 0.15) is 29.9 Å². The van der Waals surface area contributed by atoms with Gasteiger partial charge in [0.2, 0.25) is 0 Å². The summed E-state index contributed by atoms with van der Waals surface area (Å²) in [6.45, 7) is 4.64. The van der Waals surface area contributed by atoms with E-state index in [1.165, 1.54) is 18.3 Å². The van der Waals surface area contributed by atoms with Gasteiger partial charge in [-0.05, 0) is 85.4 Å². The number of aryl methyl sites for hydroxylation is 2. The molecule has 3 heterocycles. The van der Waals surface area contributed by atoms with Crippen LogP contribution in [0.4, 0.5) is 24.7 Å². The van der Waals surface area contributed by atoms with E-state index in [2.05, 4.69) is 14.6 Å². The lowest BCUT2D eigenvalue weighted by Gasteiger charge is -2.34. The van der Waals surface area contributed by atoms with Crippen molar-refractivity contribution in [3.05, 3.63) is 70.4 Å². The quantitative estimate of drug-likeness (QED) is 0.229. The number of anilines is 1. The Morgan fingerprint density at radius 3 is 2.40 bits per heavy atom. The summed E-state index contributed by atoms with van der Waals surface area (Å²) in [5, 5.41) is 11.0. The first-order chi connectivity index (χ1) is 19.1. The van der Waals surface area contributed by atoms with Gasteiger partial charge in [-0.3, -0.25) is 4.57 Å². The Labute approximate surface area is 229 Å². The summed E-state index contributed by atoms with van der Waals surface area (Å²) in [6, 6.07) is 14.3. The van der Waals surface area contributed by atoms with Gasteiger partial charge in [0.25, 0.3) is 0 Å². The van der Waals surface area contributed by atoms with E-state index in [4.69, 9.17) is 9.47 Å². The Morgan fingerprint density at radius 2 is 1.75 bits per heavy atom. The van der Waals surface area contributed by atoms with Crippen LogP contribution in [0.15, 0.2) is 54.7 Å². The Hall–Kier alpha value is -3.96. The standard InChI is InChI=1S/C28H31F3N4O5/c1-27(14-17-34-18-25(35(36)37)32-26(34)40-27)19-38-23-10-6-22(7-11-23)33-15-12-21(13-16-33)3-2-20-4-8-24(9-5-20)39-28(29,30)31/h4-11,18,21H,2-3,12-17,19H2,1H3. The van der Waals surface area contributed by atoms with Crippen LogP contribution in [0.2, 0.25) is 0 Å². The molecule has 0 radical (unpaired) electrons. The molecule has 0 amide bonds. The molecule has 0 N–H and O–H groups in total. The van der Waals surface area contributed by atoms with Crippen LogP contribution < -0.4 is 19.1 Å². The lowest BCUT2D eigenvalue weighted by Crippen LogP contribution is -2.43. The highest BCUT2D eigenvalue weighted by atomic mass is 19.4. The molecule has 5 rings (SSSR count). The van der Waals surface area contributed by atoms with Crippen LogP contribution in [0.25, 0.3) is 0 Å². The van der Waals surface area contributed by atoms with Crippen LogP contribution in [-0.4, -0.2) is 46.1 Å². The minimum atomic E-state index is -4.67. The summed E-state index contributed by atoms with van der Waals surface area (Å²) < 4.78 is 54.5. The van der Waals surface area contributed by atoms with Gasteiger partial charge in [0, 0.05) is 36.7 Å². The van der Waals surface area contributed by atoms with Gasteiger partial charge in [-0.2, -0.15) is 0 Å². The molecule has 2 aromatic carbocycles. The van der Waals surface area contributed by atoms with E-state index in [9.17, 15) is 23.3 Å². The fourth-order valence-electron chi connectivity index (χ4n) is 5.14. The molecule has 9 nitrogen and oxygen atoms in total. The Balaban J connectivity index is 1.05. The van der Waals surface area contributed by atoms with Gasteiger partial charge in [-0.1, -0.05) is 12.1 Å². The highest BCUT2D eigenvalue weighted by molar-refractivity contribution is 5.49. The lowest BCUT2D eigenvalue weighted by molar-refractivity contribution is -0.389. The van der Waals surface area contributed by atoms with Crippen molar-refractivity contribution in [1.82, 2.24) is 9.55 Å². The molecule has 40 heavy (non-hydrogen) atoms. The fraction of sp³-hybridized carbons (Fsp3) is 0.464. The lowest BCUT2D eigenvalue weighted by atomic mass is 9.90. The zero-order valence-electron chi connectivity index (χ0n) is 22.1. The molecule has 2 aliphatic rings. The molecular formula is C28H31F3N4O5. The minimum Gasteiger partial charge on any atom is -0.489 e. The van der Waals surface area contributed by atoms with E-state index in [1.54, 1.807) is 16.7 Å². The summed E-state index contributed by atoms with van der Waals surface area (Å²) in [5.41, 5.74) is 1.49. The van der Waals surface area contributed by atoms with Crippen molar-refractivity contribution in [3.63, 3.8) is 0 Å². The maximum atomic E-state index is 12.3. The van der Waals surface area contributed by atoms with Crippen molar-refractivity contribution in [2.45, 2.75) is 57.5 Å². The van der Waals surface area contributed by atoms with Crippen LogP contribution in [0.1, 0.15) is 38.2 Å². The Bertz CT molecular complexity index is 1300. The number of ether oxygens (including phenoxy) is 3. The normalized spacial score (nSPS) is 19.6. The van der Waals surface area contributed by atoms with E-state index in [0.29, 0.717) is 18.9 Å². The molecule has 1 saturated heterocycles. The first-order valence-electron chi connectivity index (χ1n) is 13.3. The van der Waals surface area contributed by atoms with Crippen molar-refractivity contribution in [2.75, 3.05) is 24.6 Å². The molecule has 0 aliphatic carbocycles. The van der Waals surface area contributed by atoms with E-state index in [0.717, 1.165) is 55.8 Å². The number of hydrogen-bond donors (Lipinski definition) is 0.